The Hall–Kier alpha value is -1.64. The summed E-state index contributed by atoms with van der Waals surface area (Å²) < 4.78 is 6.93. The first-order chi connectivity index (χ1) is 17.9. The molecule has 3 aliphatic carbocycles. The summed E-state index contributed by atoms with van der Waals surface area (Å²) in [5.74, 6) is 0. The fourth-order valence-electron chi connectivity index (χ4n) is 6.80. The topological polar surface area (TPSA) is 9.23 Å². The van der Waals surface area contributed by atoms with Crippen molar-refractivity contribution in [2.45, 2.75) is 116 Å². The third-order valence-corrected chi connectivity index (χ3v) is 11.3. The van der Waals surface area contributed by atoms with E-state index in [1.807, 2.05) is 0 Å². The van der Waals surface area contributed by atoms with Crippen molar-refractivity contribution in [1.29, 1.82) is 0 Å². The van der Waals surface area contributed by atoms with Gasteiger partial charge in [-0.25, -0.2) is 0 Å². The lowest BCUT2D eigenvalue weighted by atomic mass is 9.35. The van der Waals surface area contributed by atoms with Crippen molar-refractivity contribution < 1.29 is 4.43 Å². The number of allylic oxidation sites excluding steroid dienone is 2. The highest BCUT2D eigenvalue weighted by Crippen LogP contribution is 2.74. The fraction of sp³-hybridized carbons (Fsp3) is 0.600. The minimum atomic E-state index is -1.17. The monoisotopic (exact) mass is 515 g/mol. The number of hydrogen-bond acceptors (Lipinski definition) is 1. The minimum Gasteiger partial charge on any atom is -0.411 e. The average Bonchev–Trinajstić information content (AvgIpc) is 2.84. The van der Waals surface area contributed by atoms with Crippen LogP contribution in [0, 0.1) is 10.8 Å². The summed E-state index contributed by atoms with van der Waals surface area (Å²) >= 11 is 0. The van der Waals surface area contributed by atoms with E-state index in [9.17, 15) is 0 Å². The third kappa shape index (κ3) is 7.48. The van der Waals surface area contributed by atoms with Gasteiger partial charge in [0, 0.05) is 6.61 Å². The first-order valence-corrected chi connectivity index (χ1v) is 16.6. The molecule has 0 unspecified atom stereocenters. The molecule has 0 N–H and O–H groups in total. The Bertz CT molecular complexity index is 966. The first kappa shape index (κ1) is 28.4. The van der Waals surface area contributed by atoms with Gasteiger partial charge in [0.05, 0.1) is 0 Å². The zero-order chi connectivity index (χ0) is 26.2. The smallest absolute Gasteiger partial charge is 0.253 e. The molecule has 0 saturated heterocycles. The molecule has 0 aliphatic heterocycles. The lowest BCUT2D eigenvalue weighted by Gasteiger charge is -2.70. The Kier molecular flexibility index (Phi) is 9.92. The number of unbranched alkanes of at least 4 members (excludes halogenated alkanes) is 9. The predicted molar refractivity (Wildman–Crippen MR) is 163 cm³/mol. The van der Waals surface area contributed by atoms with Crippen LogP contribution in [0.4, 0.5) is 0 Å². The highest BCUT2D eigenvalue weighted by atomic mass is 28.3. The van der Waals surface area contributed by atoms with Gasteiger partial charge >= 0.3 is 0 Å². The van der Waals surface area contributed by atoms with Gasteiger partial charge in [-0.1, -0.05) is 146 Å². The standard InChI is InChI=1S/C35H51OSi/c1-5-6-7-8-9-10-11-12-13-14-20-25-34-26-35(27-34,28-34)29-36-37(33(2,3)4)32-24-19-18-23-31(32)30-21-16-15-17-22-30/h15-25H,5-14,26-29H2,1-4H3. The van der Waals surface area contributed by atoms with Gasteiger partial charge < -0.3 is 4.43 Å². The quantitative estimate of drug-likeness (QED) is 0.123. The average molecular weight is 516 g/mol. The van der Waals surface area contributed by atoms with Gasteiger partial charge in [-0.2, -0.15) is 0 Å². The lowest BCUT2D eigenvalue weighted by Crippen LogP contribution is -2.63. The predicted octanol–water partition coefficient (Wildman–Crippen LogP) is 10.0. The molecule has 37 heavy (non-hydrogen) atoms. The molecule has 0 heterocycles. The maximum Gasteiger partial charge on any atom is 0.253 e. The van der Waals surface area contributed by atoms with Crippen LogP contribution >= 0.6 is 0 Å². The summed E-state index contributed by atoms with van der Waals surface area (Å²) in [7, 11) is -1.17. The van der Waals surface area contributed by atoms with Crippen molar-refractivity contribution in [3.8, 4) is 11.1 Å². The molecule has 3 fully saturated rings. The molecule has 2 heteroatoms. The van der Waals surface area contributed by atoms with E-state index in [2.05, 4.69) is 94.4 Å². The zero-order valence-electron chi connectivity index (χ0n) is 24.2. The number of hydrogen-bond donors (Lipinski definition) is 0. The van der Waals surface area contributed by atoms with Crippen molar-refractivity contribution in [3.05, 3.63) is 66.7 Å². The molecule has 0 aromatic heterocycles. The molecule has 3 aliphatic rings. The Labute approximate surface area is 229 Å². The van der Waals surface area contributed by atoms with Crippen molar-refractivity contribution in [1.82, 2.24) is 0 Å². The molecule has 201 valence electrons. The van der Waals surface area contributed by atoms with Crippen molar-refractivity contribution in [2.75, 3.05) is 6.61 Å². The second-order valence-corrected chi connectivity index (χ2v) is 16.2. The van der Waals surface area contributed by atoms with Crippen LogP contribution in [0.15, 0.2) is 66.7 Å². The summed E-state index contributed by atoms with van der Waals surface area (Å²) in [6, 6.07) is 19.8. The minimum absolute atomic E-state index is 0.145. The van der Waals surface area contributed by atoms with E-state index in [-0.39, 0.29) is 5.04 Å². The van der Waals surface area contributed by atoms with Crippen LogP contribution in [-0.4, -0.2) is 15.6 Å². The summed E-state index contributed by atoms with van der Waals surface area (Å²) in [6.45, 7) is 10.3. The van der Waals surface area contributed by atoms with Crippen LogP contribution in [0.1, 0.15) is 111 Å². The van der Waals surface area contributed by atoms with Crippen LogP contribution in [-0.2, 0) is 4.43 Å². The fourth-order valence-corrected chi connectivity index (χ4v) is 9.36. The van der Waals surface area contributed by atoms with Crippen LogP contribution in [0.5, 0.6) is 0 Å². The van der Waals surface area contributed by atoms with E-state index < -0.39 is 9.04 Å². The van der Waals surface area contributed by atoms with Crippen molar-refractivity contribution in [2.24, 2.45) is 10.8 Å². The van der Waals surface area contributed by atoms with Gasteiger partial charge in [0.2, 0.25) is 0 Å². The summed E-state index contributed by atoms with van der Waals surface area (Å²) in [6.07, 6.45) is 23.1. The maximum absolute atomic E-state index is 6.93. The molecular formula is C35H51OSi. The van der Waals surface area contributed by atoms with Crippen LogP contribution < -0.4 is 5.19 Å². The van der Waals surface area contributed by atoms with Gasteiger partial charge in [-0.15, -0.1) is 0 Å². The Morgan fingerprint density at radius 3 is 2.03 bits per heavy atom. The zero-order valence-corrected chi connectivity index (χ0v) is 25.2. The van der Waals surface area contributed by atoms with Gasteiger partial charge in [0.25, 0.3) is 9.04 Å². The van der Waals surface area contributed by atoms with Gasteiger partial charge in [0.15, 0.2) is 0 Å². The summed E-state index contributed by atoms with van der Waals surface area (Å²) in [5, 5.41) is 1.57. The van der Waals surface area contributed by atoms with E-state index in [0.29, 0.717) is 10.8 Å². The highest BCUT2D eigenvalue weighted by molar-refractivity contribution is 6.71. The SMILES string of the molecule is CCCCCCCCCCCC=CC12CC(CO[Si](c3ccccc3-c3ccccc3)C(C)(C)C)(C1)C2. The highest BCUT2D eigenvalue weighted by Gasteiger charge is 2.66. The number of rotatable bonds is 16. The van der Waals surface area contributed by atoms with E-state index in [1.165, 1.54) is 99.8 Å². The van der Waals surface area contributed by atoms with E-state index in [0.717, 1.165) is 6.61 Å². The Balaban J connectivity index is 1.21. The van der Waals surface area contributed by atoms with Gasteiger partial charge in [-0.3, -0.25) is 0 Å². The molecule has 1 radical (unpaired) electrons. The largest absolute Gasteiger partial charge is 0.411 e. The van der Waals surface area contributed by atoms with Crippen molar-refractivity contribution >= 4 is 14.2 Å². The molecule has 2 aromatic rings. The molecule has 0 spiro atoms. The van der Waals surface area contributed by atoms with E-state index in [1.54, 1.807) is 0 Å². The maximum atomic E-state index is 6.93. The molecule has 1 nitrogen and oxygen atoms in total. The third-order valence-electron chi connectivity index (χ3n) is 8.59. The molecule has 2 aromatic carbocycles. The second-order valence-electron chi connectivity index (χ2n) is 13.2. The molecule has 3 saturated carbocycles. The number of benzene rings is 2. The lowest BCUT2D eigenvalue weighted by molar-refractivity contribution is -0.188. The summed E-state index contributed by atoms with van der Waals surface area (Å²) in [5.41, 5.74) is 3.61. The van der Waals surface area contributed by atoms with Crippen LogP contribution in [0.25, 0.3) is 11.1 Å². The normalized spacial score (nSPS) is 22.8. The Morgan fingerprint density at radius 1 is 0.784 bits per heavy atom. The van der Waals surface area contributed by atoms with E-state index >= 15 is 0 Å². The van der Waals surface area contributed by atoms with Crippen LogP contribution in [0.2, 0.25) is 5.04 Å². The van der Waals surface area contributed by atoms with Gasteiger partial charge in [-0.05, 0) is 64.3 Å². The molecular weight excluding hydrogens is 464 g/mol. The summed E-state index contributed by atoms with van der Waals surface area (Å²) in [4.78, 5) is 0. The molecule has 0 atom stereocenters. The first-order valence-electron chi connectivity index (χ1n) is 15.2. The molecule has 5 rings (SSSR count). The molecule has 0 amide bonds. The van der Waals surface area contributed by atoms with Gasteiger partial charge in [0.1, 0.15) is 0 Å². The Morgan fingerprint density at radius 2 is 1.38 bits per heavy atom. The van der Waals surface area contributed by atoms with Crippen molar-refractivity contribution in [3.63, 3.8) is 0 Å². The van der Waals surface area contributed by atoms with Crippen LogP contribution in [0.3, 0.4) is 0 Å². The molecule has 2 bridgehead atoms. The second kappa shape index (κ2) is 12.9. The van der Waals surface area contributed by atoms with E-state index in [4.69, 9.17) is 4.43 Å².